The zero-order valence-corrected chi connectivity index (χ0v) is 29.1. The van der Waals surface area contributed by atoms with Gasteiger partial charge in [0, 0.05) is 27.8 Å². The first kappa shape index (κ1) is 32.4. The predicted molar refractivity (Wildman–Crippen MR) is 218 cm³/mol. The molecule has 0 saturated heterocycles. The van der Waals surface area contributed by atoms with Crippen molar-refractivity contribution in [3.05, 3.63) is 194 Å². The number of para-hydroxylation sites is 2. The maximum absolute atomic E-state index is 9.20. The summed E-state index contributed by atoms with van der Waals surface area (Å²) in [5.74, 6) is 0.676. The minimum Gasteiger partial charge on any atom is -0.244 e. The van der Waals surface area contributed by atoms with Crippen molar-refractivity contribution in [1.82, 2.24) is 19.9 Å². The number of rotatable bonds is 7. The third-order valence-electron chi connectivity index (χ3n) is 9.55. The quantitative estimate of drug-likeness (QED) is 0.166. The first-order valence-electron chi connectivity index (χ1n) is 17.8. The van der Waals surface area contributed by atoms with Crippen LogP contribution in [0.4, 0.5) is 0 Å². The van der Waals surface area contributed by atoms with E-state index in [0.29, 0.717) is 11.4 Å². The highest BCUT2D eigenvalue weighted by molar-refractivity contribution is 5.87. The second kappa shape index (κ2) is 14.2. The standard InChI is InChI=1S/C49H31N5/c50-32-33-18-20-34(21-19-33)35-22-26-39(27-23-35)47-48(52-44-17-8-7-16-43(44)51-47)40-28-24-36(25-29-40)41-14-9-15-42(30-41)49-53-45(37-10-3-1-4-11-37)31-46(54-49)38-12-5-2-6-13-38/h1-31H. The highest BCUT2D eigenvalue weighted by Crippen LogP contribution is 2.35. The van der Waals surface area contributed by atoms with Gasteiger partial charge in [-0.1, -0.05) is 152 Å². The van der Waals surface area contributed by atoms with Gasteiger partial charge < -0.3 is 0 Å². The van der Waals surface area contributed by atoms with Crippen LogP contribution < -0.4 is 0 Å². The lowest BCUT2D eigenvalue weighted by Gasteiger charge is -2.13. The molecule has 0 spiro atoms. The van der Waals surface area contributed by atoms with Gasteiger partial charge in [0.2, 0.25) is 0 Å². The van der Waals surface area contributed by atoms with Gasteiger partial charge in [-0.3, -0.25) is 0 Å². The highest BCUT2D eigenvalue weighted by Gasteiger charge is 2.15. The molecule has 0 aliphatic rings. The van der Waals surface area contributed by atoms with E-state index < -0.39 is 0 Å². The van der Waals surface area contributed by atoms with E-state index in [1.54, 1.807) is 0 Å². The van der Waals surface area contributed by atoms with E-state index in [2.05, 4.69) is 109 Å². The van der Waals surface area contributed by atoms with Crippen molar-refractivity contribution in [2.24, 2.45) is 0 Å². The van der Waals surface area contributed by atoms with Gasteiger partial charge in [0.25, 0.3) is 0 Å². The average Bonchev–Trinajstić information content (AvgIpc) is 3.26. The Hall–Kier alpha value is -7.55. The Bertz CT molecular complexity index is 2730. The monoisotopic (exact) mass is 689 g/mol. The van der Waals surface area contributed by atoms with Crippen molar-refractivity contribution in [3.63, 3.8) is 0 Å². The van der Waals surface area contributed by atoms with Crippen molar-refractivity contribution in [1.29, 1.82) is 5.26 Å². The number of aromatic nitrogens is 4. The fourth-order valence-electron chi connectivity index (χ4n) is 6.71. The molecular weight excluding hydrogens is 659 g/mol. The summed E-state index contributed by atoms with van der Waals surface area (Å²) in [5, 5.41) is 9.20. The van der Waals surface area contributed by atoms with E-state index in [-0.39, 0.29) is 0 Å². The second-order valence-electron chi connectivity index (χ2n) is 13.0. The molecule has 0 N–H and O–H groups in total. The zero-order chi connectivity index (χ0) is 36.3. The van der Waals surface area contributed by atoms with E-state index in [4.69, 9.17) is 19.9 Å². The van der Waals surface area contributed by atoms with Crippen molar-refractivity contribution in [3.8, 4) is 84.7 Å². The third-order valence-corrected chi connectivity index (χ3v) is 9.55. The van der Waals surface area contributed by atoms with Gasteiger partial charge in [-0.25, -0.2) is 19.9 Å². The maximum Gasteiger partial charge on any atom is 0.160 e. The van der Waals surface area contributed by atoms with E-state index in [1.807, 2.05) is 84.9 Å². The Morgan fingerprint density at radius 1 is 0.315 bits per heavy atom. The molecule has 9 aromatic rings. The van der Waals surface area contributed by atoms with E-state index in [1.165, 1.54) is 0 Å². The van der Waals surface area contributed by atoms with Gasteiger partial charge in [0.05, 0.1) is 45.4 Å². The minimum atomic E-state index is 0.644. The lowest BCUT2D eigenvalue weighted by Crippen LogP contribution is -1.96. The molecule has 0 aliphatic carbocycles. The Morgan fingerprint density at radius 2 is 0.722 bits per heavy atom. The average molecular weight is 690 g/mol. The summed E-state index contributed by atoms with van der Waals surface area (Å²) in [5.41, 5.74) is 15.0. The summed E-state index contributed by atoms with van der Waals surface area (Å²) in [6.07, 6.45) is 0. The van der Waals surface area contributed by atoms with Crippen molar-refractivity contribution in [2.75, 3.05) is 0 Å². The molecule has 0 radical (unpaired) electrons. The maximum atomic E-state index is 9.20. The molecule has 54 heavy (non-hydrogen) atoms. The van der Waals surface area contributed by atoms with Crippen LogP contribution in [-0.2, 0) is 0 Å². The van der Waals surface area contributed by atoms with E-state index in [0.717, 1.165) is 83.9 Å². The Morgan fingerprint density at radius 3 is 1.22 bits per heavy atom. The molecular formula is C49H31N5. The summed E-state index contributed by atoms with van der Waals surface area (Å²) < 4.78 is 0. The highest BCUT2D eigenvalue weighted by atomic mass is 14.9. The number of nitriles is 1. The Balaban J connectivity index is 1.07. The molecule has 2 aromatic heterocycles. The van der Waals surface area contributed by atoms with E-state index in [9.17, 15) is 5.26 Å². The lowest BCUT2D eigenvalue weighted by atomic mass is 9.97. The molecule has 0 fully saturated rings. The molecule has 7 aromatic carbocycles. The number of fused-ring (bicyclic) bond motifs is 1. The third kappa shape index (κ3) is 6.52. The molecule has 9 rings (SSSR count). The van der Waals surface area contributed by atoms with Crippen molar-refractivity contribution >= 4 is 11.0 Å². The zero-order valence-electron chi connectivity index (χ0n) is 29.1. The second-order valence-corrected chi connectivity index (χ2v) is 13.0. The molecule has 5 heteroatoms. The fraction of sp³-hybridized carbons (Fsp3) is 0. The Labute approximate surface area is 313 Å². The Kier molecular flexibility index (Phi) is 8.53. The van der Waals surface area contributed by atoms with Crippen LogP contribution >= 0.6 is 0 Å². The molecule has 0 amide bonds. The van der Waals surface area contributed by atoms with Crippen LogP contribution in [0.15, 0.2) is 188 Å². The normalized spacial score (nSPS) is 10.9. The van der Waals surface area contributed by atoms with Crippen LogP contribution in [0, 0.1) is 11.3 Å². The first-order valence-corrected chi connectivity index (χ1v) is 17.8. The minimum absolute atomic E-state index is 0.644. The summed E-state index contributed by atoms with van der Waals surface area (Å²) in [7, 11) is 0. The van der Waals surface area contributed by atoms with Crippen LogP contribution in [-0.4, -0.2) is 19.9 Å². The summed E-state index contributed by atoms with van der Waals surface area (Å²) >= 11 is 0. The van der Waals surface area contributed by atoms with Crippen LogP contribution in [0.3, 0.4) is 0 Å². The molecule has 0 saturated carbocycles. The van der Waals surface area contributed by atoms with Crippen LogP contribution in [0.1, 0.15) is 5.56 Å². The molecule has 252 valence electrons. The van der Waals surface area contributed by atoms with Gasteiger partial charge in [0.15, 0.2) is 5.82 Å². The van der Waals surface area contributed by atoms with Crippen molar-refractivity contribution in [2.45, 2.75) is 0 Å². The van der Waals surface area contributed by atoms with Gasteiger partial charge >= 0.3 is 0 Å². The summed E-state index contributed by atoms with van der Waals surface area (Å²) in [6, 6.07) is 65.6. The van der Waals surface area contributed by atoms with Gasteiger partial charge in [0.1, 0.15) is 0 Å². The topological polar surface area (TPSA) is 75.3 Å². The molecule has 0 unspecified atom stereocenters. The van der Waals surface area contributed by atoms with Crippen LogP contribution in [0.2, 0.25) is 0 Å². The SMILES string of the molecule is N#Cc1ccc(-c2ccc(-c3nc4ccccc4nc3-c3ccc(-c4cccc(-c5nc(-c6ccccc6)cc(-c6ccccc6)n5)c4)cc3)cc2)cc1. The largest absolute Gasteiger partial charge is 0.244 e. The molecule has 0 bridgehead atoms. The number of hydrogen-bond acceptors (Lipinski definition) is 5. The van der Waals surface area contributed by atoms with Crippen molar-refractivity contribution < 1.29 is 0 Å². The summed E-state index contributed by atoms with van der Waals surface area (Å²) in [6.45, 7) is 0. The molecule has 2 heterocycles. The number of nitrogens with zero attached hydrogens (tertiary/aromatic N) is 5. The molecule has 0 aliphatic heterocycles. The van der Waals surface area contributed by atoms with Gasteiger partial charge in [-0.2, -0.15) is 5.26 Å². The van der Waals surface area contributed by atoms with Crippen LogP contribution in [0.5, 0.6) is 0 Å². The number of benzene rings is 7. The smallest absolute Gasteiger partial charge is 0.160 e. The summed E-state index contributed by atoms with van der Waals surface area (Å²) in [4.78, 5) is 20.3. The molecule has 5 nitrogen and oxygen atoms in total. The number of hydrogen-bond donors (Lipinski definition) is 0. The first-order chi connectivity index (χ1) is 26.7. The lowest BCUT2D eigenvalue weighted by molar-refractivity contribution is 1.18. The fourth-order valence-corrected chi connectivity index (χ4v) is 6.71. The van der Waals surface area contributed by atoms with Gasteiger partial charge in [-0.05, 0) is 58.7 Å². The van der Waals surface area contributed by atoms with Crippen LogP contribution in [0.25, 0.3) is 89.7 Å². The molecule has 0 atom stereocenters. The predicted octanol–water partition coefficient (Wildman–Crippen LogP) is 12.0. The van der Waals surface area contributed by atoms with Gasteiger partial charge in [-0.15, -0.1) is 0 Å². The van der Waals surface area contributed by atoms with E-state index >= 15 is 0 Å².